The zero-order chi connectivity index (χ0) is 10.2. The van der Waals surface area contributed by atoms with E-state index in [9.17, 15) is 26.3 Å². The lowest BCUT2D eigenvalue weighted by Gasteiger charge is -2.25. The van der Waals surface area contributed by atoms with E-state index in [1.165, 1.54) is 0 Å². The van der Waals surface area contributed by atoms with Gasteiger partial charge in [-0.2, -0.15) is 13.2 Å². The van der Waals surface area contributed by atoms with Crippen LogP contribution in [0, 0.1) is 0 Å². The van der Waals surface area contributed by atoms with Crippen LogP contribution in [0.25, 0.3) is 0 Å². The highest BCUT2D eigenvalue weighted by Crippen LogP contribution is 2.35. The van der Waals surface area contributed by atoms with Crippen LogP contribution in [-0.4, -0.2) is 34.8 Å². The van der Waals surface area contributed by atoms with Crippen molar-refractivity contribution in [1.29, 1.82) is 0 Å². The zero-order valence-corrected chi connectivity index (χ0v) is 5.32. The van der Waals surface area contributed by atoms with Crippen LogP contribution in [0.4, 0.5) is 26.3 Å². The van der Waals surface area contributed by atoms with Crippen LogP contribution >= 0.6 is 0 Å². The summed E-state index contributed by atoms with van der Waals surface area (Å²) in [7, 11) is 0. The van der Waals surface area contributed by atoms with Gasteiger partial charge < -0.3 is 10.2 Å². The van der Waals surface area contributed by atoms with Crippen molar-refractivity contribution in [3.05, 3.63) is 0 Å². The van der Waals surface area contributed by atoms with E-state index >= 15 is 0 Å². The van der Waals surface area contributed by atoms with E-state index in [0.717, 1.165) is 0 Å². The predicted octanol–water partition coefficient (Wildman–Crippen LogP) is 0.833. The molecule has 12 heavy (non-hydrogen) atoms. The fourth-order valence-corrected chi connectivity index (χ4v) is 0.334. The van der Waals surface area contributed by atoms with E-state index in [4.69, 9.17) is 10.2 Å². The van der Waals surface area contributed by atoms with Gasteiger partial charge in [-0.15, -0.1) is 0 Å². The monoisotopic (exact) mass is 198 g/mol. The van der Waals surface area contributed by atoms with Crippen LogP contribution in [-0.2, 0) is 0 Å². The molecule has 2 nitrogen and oxygen atoms in total. The van der Waals surface area contributed by atoms with E-state index in [2.05, 4.69) is 0 Å². The smallest absolute Gasteiger partial charge is 0.335 e. The van der Waals surface area contributed by atoms with E-state index in [0.29, 0.717) is 0 Å². The minimum atomic E-state index is -5.55. The second-order valence-corrected chi connectivity index (χ2v) is 1.95. The summed E-state index contributed by atoms with van der Waals surface area (Å²) in [6.45, 7) is 0. The topological polar surface area (TPSA) is 40.5 Å². The van der Waals surface area contributed by atoms with Crippen molar-refractivity contribution in [2.45, 2.75) is 24.6 Å². The van der Waals surface area contributed by atoms with Crippen LogP contribution in [0.1, 0.15) is 0 Å². The highest BCUT2D eigenvalue weighted by molar-refractivity contribution is 4.84. The molecule has 8 heteroatoms. The average Bonchev–Trinajstić information content (AvgIpc) is 1.83. The molecular weight excluding hydrogens is 194 g/mol. The predicted molar refractivity (Wildman–Crippen MR) is 24.1 cm³/mol. The first-order valence-corrected chi connectivity index (χ1v) is 2.54. The average molecular weight is 198 g/mol. The maximum Gasteiger partial charge on any atom is 0.384 e. The number of hydrogen-bond acceptors (Lipinski definition) is 2. The summed E-state index contributed by atoms with van der Waals surface area (Å²) >= 11 is 0. The molecule has 0 rings (SSSR count). The molecule has 0 aromatic heterocycles. The summed E-state index contributed by atoms with van der Waals surface area (Å²) in [4.78, 5) is 0. The second kappa shape index (κ2) is 3.09. The molecule has 0 spiro atoms. The molecule has 1 atom stereocenters. The quantitative estimate of drug-likeness (QED) is 0.521. The Morgan fingerprint density at radius 2 is 1.25 bits per heavy atom. The van der Waals surface area contributed by atoms with Crippen LogP contribution in [0.2, 0.25) is 0 Å². The Bertz CT molecular complexity index is 152. The Morgan fingerprint density at radius 3 is 1.33 bits per heavy atom. The summed E-state index contributed by atoms with van der Waals surface area (Å²) in [6, 6.07) is -5.29. The summed E-state index contributed by atoms with van der Waals surface area (Å²) in [6.07, 6.45) is -8.47. The molecule has 0 radical (unpaired) electrons. The molecule has 0 aliphatic carbocycles. The molecule has 0 aliphatic rings. The van der Waals surface area contributed by atoms with Crippen LogP contribution in [0.5, 0.6) is 0 Å². The number of alkyl halides is 6. The van der Waals surface area contributed by atoms with Crippen molar-refractivity contribution in [3.63, 3.8) is 0 Å². The number of halogens is 6. The fraction of sp³-hybridized carbons (Fsp3) is 1.00. The highest BCUT2D eigenvalue weighted by Gasteiger charge is 2.62. The molecule has 0 aromatic rings. The zero-order valence-electron chi connectivity index (χ0n) is 5.32. The van der Waals surface area contributed by atoms with Gasteiger partial charge in [0.15, 0.2) is 0 Å². The molecule has 0 saturated carbocycles. The van der Waals surface area contributed by atoms with Crippen molar-refractivity contribution < 1.29 is 36.6 Å². The molecule has 0 heterocycles. The van der Waals surface area contributed by atoms with Gasteiger partial charge in [-0.25, -0.2) is 13.2 Å². The Hall–Kier alpha value is -0.500. The molecule has 0 saturated heterocycles. The van der Waals surface area contributed by atoms with E-state index in [1.54, 1.807) is 0 Å². The molecule has 0 aliphatic heterocycles. The molecular formula is C4H4F6O2. The molecule has 0 amide bonds. The lowest BCUT2D eigenvalue weighted by atomic mass is 10.2. The number of rotatable bonds is 3. The van der Waals surface area contributed by atoms with Gasteiger partial charge in [0.2, 0.25) is 6.17 Å². The Labute approximate surface area is 62.4 Å². The molecule has 0 bridgehead atoms. The molecule has 2 N–H and O–H groups in total. The van der Waals surface area contributed by atoms with Crippen molar-refractivity contribution in [1.82, 2.24) is 0 Å². The van der Waals surface area contributed by atoms with Gasteiger partial charge in [-0.05, 0) is 0 Å². The van der Waals surface area contributed by atoms with Gasteiger partial charge in [-0.3, -0.25) is 0 Å². The van der Waals surface area contributed by atoms with Gasteiger partial charge in [-0.1, -0.05) is 0 Å². The lowest BCUT2D eigenvalue weighted by Crippen LogP contribution is -2.53. The second-order valence-electron chi connectivity index (χ2n) is 1.95. The third-order valence-electron chi connectivity index (χ3n) is 0.992. The fourth-order valence-electron chi connectivity index (χ4n) is 0.334. The maximum atomic E-state index is 11.8. The molecule has 74 valence electrons. The summed E-state index contributed by atoms with van der Waals surface area (Å²) in [5.41, 5.74) is 0. The minimum absolute atomic E-state index is 4.20. The van der Waals surface area contributed by atoms with E-state index in [1.807, 2.05) is 0 Å². The van der Waals surface area contributed by atoms with Gasteiger partial charge in [0.1, 0.15) is 0 Å². The number of aliphatic hydroxyl groups is 2. The first kappa shape index (κ1) is 11.5. The highest BCUT2D eigenvalue weighted by atomic mass is 19.3. The van der Waals surface area contributed by atoms with E-state index in [-0.39, 0.29) is 0 Å². The van der Waals surface area contributed by atoms with Gasteiger partial charge in [0, 0.05) is 0 Å². The van der Waals surface area contributed by atoms with E-state index < -0.39 is 24.6 Å². The van der Waals surface area contributed by atoms with Crippen molar-refractivity contribution in [2.75, 3.05) is 0 Å². The largest absolute Gasteiger partial charge is 0.384 e. The molecule has 1 unspecified atom stereocenters. The normalized spacial score (nSPS) is 16.8. The Balaban J connectivity index is 4.61. The van der Waals surface area contributed by atoms with Gasteiger partial charge in [0.25, 0.3) is 6.43 Å². The lowest BCUT2D eigenvalue weighted by molar-refractivity contribution is -0.386. The summed E-state index contributed by atoms with van der Waals surface area (Å²) < 4.78 is 69.4. The van der Waals surface area contributed by atoms with Crippen molar-refractivity contribution >= 4 is 0 Å². The standard InChI is InChI=1S/C4H4F6O2/c5-1(2(6)7)3(8,9)4(10,11)12/h1-2,11-12H. The maximum absolute atomic E-state index is 11.8. The Morgan fingerprint density at radius 1 is 0.917 bits per heavy atom. The van der Waals surface area contributed by atoms with Crippen LogP contribution in [0.15, 0.2) is 0 Å². The molecule has 0 fully saturated rings. The Kier molecular flexibility index (Phi) is 2.97. The van der Waals surface area contributed by atoms with Crippen molar-refractivity contribution in [2.24, 2.45) is 0 Å². The molecule has 0 aromatic carbocycles. The van der Waals surface area contributed by atoms with Crippen molar-refractivity contribution in [3.8, 4) is 0 Å². The van der Waals surface area contributed by atoms with Gasteiger partial charge in [0.05, 0.1) is 0 Å². The van der Waals surface area contributed by atoms with Crippen LogP contribution in [0.3, 0.4) is 0 Å². The SMILES string of the molecule is OC(O)(F)C(F)(F)C(F)C(F)F. The van der Waals surface area contributed by atoms with Gasteiger partial charge >= 0.3 is 12.0 Å². The van der Waals surface area contributed by atoms with Crippen LogP contribution < -0.4 is 0 Å². The third-order valence-corrected chi connectivity index (χ3v) is 0.992. The summed E-state index contributed by atoms with van der Waals surface area (Å²) in [5.74, 6) is -5.55. The summed E-state index contributed by atoms with van der Waals surface area (Å²) in [5, 5.41) is 15.1. The first-order valence-electron chi connectivity index (χ1n) is 2.54. The number of hydrogen-bond donors (Lipinski definition) is 2. The minimum Gasteiger partial charge on any atom is -0.335 e. The first-order chi connectivity index (χ1) is 5.10. The third kappa shape index (κ3) is 2.01.